The molecule has 0 saturated carbocycles. The minimum absolute atomic E-state index is 0.249. The van der Waals surface area contributed by atoms with Crippen molar-refractivity contribution in [3.8, 4) is 5.75 Å². The van der Waals surface area contributed by atoms with Crippen molar-refractivity contribution in [1.29, 1.82) is 0 Å². The third-order valence-corrected chi connectivity index (χ3v) is 3.23. The molecule has 0 amide bonds. The highest BCUT2D eigenvalue weighted by Gasteiger charge is 2.17. The summed E-state index contributed by atoms with van der Waals surface area (Å²) >= 11 is 0. The second-order valence-electron chi connectivity index (χ2n) is 3.20. The van der Waals surface area contributed by atoms with Crippen LogP contribution in [0.3, 0.4) is 0 Å². The van der Waals surface area contributed by atoms with Crippen molar-refractivity contribution in [2.24, 2.45) is 0 Å². The molecule has 0 radical (unpaired) electrons. The summed E-state index contributed by atoms with van der Waals surface area (Å²) < 4.78 is 27.5. The summed E-state index contributed by atoms with van der Waals surface area (Å²) in [4.78, 5) is 0. The Morgan fingerprint density at radius 1 is 1.36 bits per heavy atom. The Morgan fingerprint density at radius 2 is 2.00 bits per heavy atom. The molecule has 78 valence electrons. The van der Waals surface area contributed by atoms with Crippen molar-refractivity contribution in [3.63, 3.8) is 0 Å². The molecule has 0 aliphatic heterocycles. The van der Waals surface area contributed by atoms with Gasteiger partial charge >= 0.3 is 10.1 Å². The predicted molar refractivity (Wildman–Crippen MR) is 55.5 cm³/mol. The summed E-state index contributed by atoms with van der Waals surface area (Å²) in [6.45, 7) is 3.11. The standard InChI is InChI=1S/C9H13NO3S/c1-7(2)14(11,12)13-9-5-3-4-8(10)6-9/h3-7H,10H2,1-2H3. The van der Waals surface area contributed by atoms with Crippen LogP contribution in [0.4, 0.5) is 5.69 Å². The van der Waals surface area contributed by atoms with E-state index in [9.17, 15) is 8.42 Å². The molecule has 0 aliphatic rings. The van der Waals surface area contributed by atoms with Crippen LogP contribution in [0.25, 0.3) is 0 Å². The SMILES string of the molecule is CC(C)S(=O)(=O)Oc1cccc(N)c1. The smallest absolute Gasteiger partial charge is 0.311 e. The van der Waals surface area contributed by atoms with Gasteiger partial charge in [0.05, 0.1) is 5.25 Å². The van der Waals surface area contributed by atoms with E-state index >= 15 is 0 Å². The van der Waals surface area contributed by atoms with Gasteiger partial charge in [0.25, 0.3) is 0 Å². The highest BCUT2D eigenvalue weighted by atomic mass is 32.2. The molecule has 0 fully saturated rings. The van der Waals surface area contributed by atoms with E-state index in [0.717, 1.165) is 0 Å². The van der Waals surface area contributed by atoms with Gasteiger partial charge in [-0.2, -0.15) is 8.42 Å². The summed E-state index contributed by atoms with van der Waals surface area (Å²) in [5.74, 6) is 0.249. The van der Waals surface area contributed by atoms with E-state index in [1.54, 1.807) is 32.0 Å². The van der Waals surface area contributed by atoms with E-state index in [2.05, 4.69) is 0 Å². The Morgan fingerprint density at radius 3 is 2.50 bits per heavy atom. The average Bonchev–Trinajstić information content (AvgIpc) is 2.02. The summed E-state index contributed by atoms with van der Waals surface area (Å²) in [7, 11) is -3.52. The van der Waals surface area contributed by atoms with Gasteiger partial charge in [-0.1, -0.05) is 6.07 Å². The molecule has 4 nitrogen and oxygen atoms in total. The van der Waals surface area contributed by atoms with Gasteiger partial charge in [-0.15, -0.1) is 0 Å². The number of hydrogen-bond acceptors (Lipinski definition) is 4. The Labute approximate surface area is 83.8 Å². The highest BCUT2D eigenvalue weighted by Crippen LogP contribution is 2.17. The lowest BCUT2D eigenvalue weighted by molar-refractivity contribution is 0.477. The van der Waals surface area contributed by atoms with Crippen LogP contribution >= 0.6 is 0 Å². The van der Waals surface area contributed by atoms with Crippen LogP contribution in [-0.4, -0.2) is 13.7 Å². The summed E-state index contributed by atoms with van der Waals surface area (Å²) in [6.07, 6.45) is 0. The first-order valence-corrected chi connectivity index (χ1v) is 5.68. The van der Waals surface area contributed by atoms with Gasteiger partial charge in [0.2, 0.25) is 0 Å². The van der Waals surface area contributed by atoms with Crippen LogP contribution in [0.5, 0.6) is 5.75 Å². The summed E-state index contributed by atoms with van der Waals surface area (Å²) in [5.41, 5.74) is 5.95. The molecule has 0 aliphatic carbocycles. The number of rotatable bonds is 3. The van der Waals surface area contributed by atoms with Crippen molar-refractivity contribution in [2.75, 3.05) is 5.73 Å². The van der Waals surface area contributed by atoms with Gasteiger partial charge in [0, 0.05) is 11.8 Å². The molecule has 0 atom stereocenters. The average molecular weight is 215 g/mol. The van der Waals surface area contributed by atoms with Crippen LogP contribution < -0.4 is 9.92 Å². The van der Waals surface area contributed by atoms with Gasteiger partial charge in [-0.3, -0.25) is 0 Å². The lowest BCUT2D eigenvalue weighted by atomic mass is 10.3. The Bertz CT molecular complexity index is 412. The maximum atomic E-state index is 11.3. The third kappa shape index (κ3) is 2.63. The van der Waals surface area contributed by atoms with Crippen LogP contribution in [0.1, 0.15) is 13.8 Å². The van der Waals surface area contributed by atoms with Gasteiger partial charge in [0.1, 0.15) is 5.75 Å². The number of nitrogens with two attached hydrogens (primary N) is 1. The van der Waals surface area contributed by atoms with Gasteiger partial charge in [-0.05, 0) is 26.0 Å². The molecule has 0 unspecified atom stereocenters. The first-order valence-electron chi connectivity index (χ1n) is 4.20. The van der Waals surface area contributed by atoms with Crippen LogP contribution in [0.2, 0.25) is 0 Å². The predicted octanol–water partition coefficient (Wildman–Crippen LogP) is 1.39. The molecule has 0 bridgehead atoms. The highest BCUT2D eigenvalue weighted by molar-refractivity contribution is 7.87. The zero-order chi connectivity index (χ0) is 10.8. The molecule has 0 aromatic heterocycles. The first-order chi connectivity index (χ1) is 6.42. The fraction of sp³-hybridized carbons (Fsp3) is 0.333. The third-order valence-electron chi connectivity index (χ3n) is 1.65. The van der Waals surface area contributed by atoms with Crippen molar-refractivity contribution in [3.05, 3.63) is 24.3 Å². The lowest BCUT2D eigenvalue weighted by Gasteiger charge is -2.09. The zero-order valence-electron chi connectivity index (χ0n) is 8.10. The van der Waals surface area contributed by atoms with E-state index in [1.165, 1.54) is 6.07 Å². The molecule has 14 heavy (non-hydrogen) atoms. The van der Waals surface area contributed by atoms with E-state index < -0.39 is 15.4 Å². The Hall–Kier alpha value is -1.23. The quantitative estimate of drug-likeness (QED) is 0.611. The molecule has 0 saturated heterocycles. The second-order valence-corrected chi connectivity index (χ2v) is 5.29. The van der Waals surface area contributed by atoms with Crippen LogP contribution in [0, 0.1) is 0 Å². The minimum atomic E-state index is -3.52. The molecule has 1 aromatic carbocycles. The maximum Gasteiger partial charge on any atom is 0.311 e. The van der Waals surface area contributed by atoms with E-state index in [0.29, 0.717) is 5.69 Å². The minimum Gasteiger partial charge on any atom is -0.399 e. The topological polar surface area (TPSA) is 69.4 Å². The molecule has 1 aromatic rings. The molecule has 1 rings (SSSR count). The van der Waals surface area contributed by atoms with Gasteiger partial charge in [-0.25, -0.2) is 0 Å². The first kappa shape index (κ1) is 10.8. The fourth-order valence-electron chi connectivity index (χ4n) is 0.797. The van der Waals surface area contributed by atoms with E-state index in [-0.39, 0.29) is 5.75 Å². The molecule has 2 N–H and O–H groups in total. The second kappa shape index (κ2) is 3.88. The number of benzene rings is 1. The number of anilines is 1. The monoisotopic (exact) mass is 215 g/mol. The molecular formula is C9H13NO3S. The fourth-order valence-corrected chi connectivity index (χ4v) is 1.36. The number of hydrogen-bond donors (Lipinski definition) is 1. The van der Waals surface area contributed by atoms with Crippen molar-refractivity contribution in [1.82, 2.24) is 0 Å². The normalized spacial score (nSPS) is 11.6. The Balaban J connectivity index is 2.90. The summed E-state index contributed by atoms with van der Waals surface area (Å²) in [5, 5.41) is -0.566. The summed E-state index contributed by atoms with van der Waals surface area (Å²) in [6, 6.07) is 6.32. The maximum absolute atomic E-state index is 11.3. The molecule has 5 heteroatoms. The largest absolute Gasteiger partial charge is 0.399 e. The molecule has 0 spiro atoms. The zero-order valence-corrected chi connectivity index (χ0v) is 8.91. The van der Waals surface area contributed by atoms with Crippen LogP contribution in [-0.2, 0) is 10.1 Å². The van der Waals surface area contributed by atoms with Gasteiger partial charge in [0.15, 0.2) is 0 Å². The van der Waals surface area contributed by atoms with Crippen molar-refractivity contribution < 1.29 is 12.6 Å². The van der Waals surface area contributed by atoms with Crippen molar-refractivity contribution in [2.45, 2.75) is 19.1 Å². The molecule has 0 heterocycles. The molecular weight excluding hydrogens is 202 g/mol. The van der Waals surface area contributed by atoms with E-state index in [1.807, 2.05) is 0 Å². The van der Waals surface area contributed by atoms with E-state index in [4.69, 9.17) is 9.92 Å². The number of nitrogen functional groups attached to an aromatic ring is 1. The van der Waals surface area contributed by atoms with Crippen molar-refractivity contribution >= 4 is 15.8 Å². The lowest BCUT2D eigenvalue weighted by Crippen LogP contribution is -2.20. The van der Waals surface area contributed by atoms with Crippen LogP contribution in [0.15, 0.2) is 24.3 Å². The Kier molecular flexibility index (Phi) is 3.00. The van der Waals surface area contributed by atoms with Gasteiger partial charge < -0.3 is 9.92 Å².